The number of hydrogen-bond donors (Lipinski definition) is 0. The predicted octanol–water partition coefficient (Wildman–Crippen LogP) is 2.57. The lowest BCUT2D eigenvalue weighted by Crippen LogP contribution is -2.09. The van der Waals surface area contributed by atoms with E-state index in [-0.39, 0.29) is 12.4 Å². The highest BCUT2D eigenvalue weighted by molar-refractivity contribution is 6.31. The number of ether oxygens (including phenoxy) is 1. The normalized spacial score (nSPS) is 9.94. The van der Waals surface area contributed by atoms with E-state index in [9.17, 15) is 9.59 Å². The van der Waals surface area contributed by atoms with Crippen molar-refractivity contribution in [2.45, 2.75) is 20.3 Å². The molecule has 3 nitrogen and oxygen atoms in total. The van der Waals surface area contributed by atoms with Crippen molar-refractivity contribution < 1.29 is 14.3 Å². The van der Waals surface area contributed by atoms with E-state index < -0.39 is 0 Å². The molecule has 1 aromatic rings. The lowest BCUT2D eigenvalue weighted by atomic mass is 10.0. The summed E-state index contributed by atoms with van der Waals surface area (Å²) in [6.45, 7) is 3.87. The summed E-state index contributed by atoms with van der Waals surface area (Å²) in [5.74, 6) is -0.356. The van der Waals surface area contributed by atoms with Gasteiger partial charge in [0, 0.05) is 10.6 Å². The zero-order chi connectivity index (χ0) is 12.1. The molecule has 0 heterocycles. The van der Waals surface area contributed by atoms with Crippen LogP contribution >= 0.6 is 11.6 Å². The van der Waals surface area contributed by atoms with Crippen molar-refractivity contribution in [3.63, 3.8) is 0 Å². The fraction of sp³-hybridized carbons (Fsp3) is 0.333. The highest BCUT2D eigenvalue weighted by Crippen LogP contribution is 2.20. The van der Waals surface area contributed by atoms with Crippen LogP contribution in [0.2, 0.25) is 5.02 Å². The molecule has 16 heavy (non-hydrogen) atoms. The molecule has 0 radical (unpaired) electrons. The second-order valence-electron chi connectivity index (χ2n) is 3.40. The summed E-state index contributed by atoms with van der Waals surface area (Å²) < 4.78 is 4.82. The fourth-order valence-corrected chi connectivity index (χ4v) is 1.56. The number of benzene rings is 1. The summed E-state index contributed by atoms with van der Waals surface area (Å²) in [6, 6.07) is 3.31. The number of halogens is 1. The Bertz CT molecular complexity index is 413. The first-order chi connectivity index (χ1) is 7.58. The Balaban J connectivity index is 2.98. The number of aldehydes is 1. The predicted molar refractivity (Wildman–Crippen MR) is 61.9 cm³/mol. The third-order valence-electron chi connectivity index (χ3n) is 2.19. The van der Waals surface area contributed by atoms with Crippen LogP contribution in [0.25, 0.3) is 0 Å². The van der Waals surface area contributed by atoms with Crippen molar-refractivity contribution in [1.82, 2.24) is 0 Å². The first-order valence-electron chi connectivity index (χ1n) is 4.98. The summed E-state index contributed by atoms with van der Waals surface area (Å²) in [5, 5.41) is 0.546. The fourth-order valence-electron chi connectivity index (χ4n) is 1.38. The van der Waals surface area contributed by atoms with Gasteiger partial charge in [0.25, 0.3) is 0 Å². The molecule has 0 spiro atoms. The number of rotatable bonds is 4. The first-order valence-corrected chi connectivity index (χ1v) is 5.36. The van der Waals surface area contributed by atoms with Crippen LogP contribution in [0.5, 0.6) is 0 Å². The van der Waals surface area contributed by atoms with Gasteiger partial charge in [-0.15, -0.1) is 0 Å². The molecular formula is C12H13ClO3. The summed E-state index contributed by atoms with van der Waals surface area (Å²) in [5.41, 5.74) is 1.90. The van der Waals surface area contributed by atoms with E-state index in [2.05, 4.69) is 0 Å². The van der Waals surface area contributed by atoms with Crippen LogP contribution in [0.3, 0.4) is 0 Å². The molecule has 4 heteroatoms. The van der Waals surface area contributed by atoms with E-state index in [1.165, 1.54) is 0 Å². The maximum atomic E-state index is 11.3. The van der Waals surface area contributed by atoms with Crippen molar-refractivity contribution in [1.29, 1.82) is 0 Å². The minimum atomic E-state index is -0.356. The molecule has 0 aliphatic heterocycles. The van der Waals surface area contributed by atoms with Crippen LogP contribution in [-0.2, 0) is 16.0 Å². The van der Waals surface area contributed by atoms with Crippen molar-refractivity contribution in [3.8, 4) is 0 Å². The van der Waals surface area contributed by atoms with Crippen molar-refractivity contribution in [2.24, 2.45) is 0 Å². The van der Waals surface area contributed by atoms with Gasteiger partial charge in [-0.3, -0.25) is 9.59 Å². The number of carbonyl (C=O) groups is 2. The lowest BCUT2D eigenvalue weighted by molar-refractivity contribution is -0.142. The Labute approximate surface area is 99.4 Å². The van der Waals surface area contributed by atoms with Crippen LogP contribution in [-0.4, -0.2) is 18.9 Å². The maximum absolute atomic E-state index is 11.3. The van der Waals surface area contributed by atoms with E-state index in [1.807, 2.05) is 6.92 Å². The highest BCUT2D eigenvalue weighted by atomic mass is 35.5. The molecule has 1 rings (SSSR count). The minimum absolute atomic E-state index is 0.0713. The monoisotopic (exact) mass is 240 g/mol. The molecule has 0 bridgehead atoms. The van der Waals surface area contributed by atoms with Gasteiger partial charge in [0.1, 0.15) is 6.29 Å². The molecule has 0 amide bonds. The summed E-state index contributed by atoms with van der Waals surface area (Å²) in [7, 11) is 0. The van der Waals surface area contributed by atoms with Crippen molar-refractivity contribution in [3.05, 3.63) is 33.8 Å². The summed E-state index contributed by atoms with van der Waals surface area (Å²) in [4.78, 5) is 22.1. The SMILES string of the molecule is CCOC(=O)Cc1cc(Cl)c(C)cc1C=O. The van der Waals surface area contributed by atoms with Gasteiger partial charge in [-0.05, 0) is 37.1 Å². The highest BCUT2D eigenvalue weighted by Gasteiger charge is 2.10. The topological polar surface area (TPSA) is 43.4 Å². The van der Waals surface area contributed by atoms with E-state index >= 15 is 0 Å². The number of aryl methyl sites for hydroxylation is 1. The minimum Gasteiger partial charge on any atom is -0.466 e. The van der Waals surface area contributed by atoms with E-state index in [0.29, 0.717) is 22.8 Å². The zero-order valence-corrected chi connectivity index (χ0v) is 10.0. The molecule has 0 atom stereocenters. The van der Waals surface area contributed by atoms with Gasteiger partial charge in [0.05, 0.1) is 13.0 Å². The Morgan fingerprint density at radius 2 is 2.19 bits per heavy atom. The molecule has 0 unspecified atom stereocenters. The number of hydrogen-bond acceptors (Lipinski definition) is 3. The van der Waals surface area contributed by atoms with Gasteiger partial charge < -0.3 is 4.74 Å². The molecule has 1 aromatic carbocycles. The summed E-state index contributed by atoms with van der Waals surface area (Å²) in [6.07, 6.45) is 0.791. The van der Waals surface area contributed by atoms with Crippen LogP contribution in [0.1, 0.15) is 28.4 Å². The Morgan fingerprint density at radius 1 is 1.50 bits per heavy atom. The third kappa shape index (κ3) is 3.07. The average molecular weight is 241 g/mol. The first kappa shape index (κ1) is 12.7. The van der Waals surface area contributed by atoms with Crippen molar-refractivity contribution in [2.75, 3.05) is 6.61 Å². The molecule has 0 aliphatic carbocycles. The molecule has 0 N–H and O–H groups in total. The molecule has 0 saturated heterocycles. The number of carbonyl (C=O) groups excluding carboxylic acids is 2. The van der Waals surface area contributed by atoms with Gasteiger partial charge in [0.15, 0.2) is 0 Å². The number of esters is 1. The second kappa shape index (κ2) is 5.66. The van der Waals surface area contributed by atoms with Crippen LogP contribution < -0.4 is 0 Å². The van der Waals surface area contributed by atoms with Gasteiger partial charge in [0.2, 0.25) is 0 Å². The van der Waals surface area contributed by atoms with Crippen molar-refractivity contribution >= 4 is 23.9 Å². The lowest BCUT2D eigenvalue weighted by Gasteiger charge is -2.07. The second-order valence-corrected chi connectivity index (χ2v) is 3.81. The smallest absolute Gasteiger partial charge is 0.310 e. The van der Waals surface area contributed by atoms with E-state index in [0.717, 1.165) is 11.8 Å². The molecule has 0 saturated carbocycles. The van der Waals surface area contributed by atoms with E-state index in [4.69, 9.17) is 16.3 Å². The molecule has 0 aromatic heterocycles. The third-order valence-corrected chi connectivity index (χ3v) is 2.59. The zero-order valence-electron chi connectivity index (χ0n) is 9.25. The molecule has 0 fully saturated rings. The quantitative estimate of drug-likeness (QED) is 0.600. The average Bonchev–Trinajstić information content (AvgIpc) is 2.23. The Hall–Kier alpha value is -1.35. The van der Waals surface area contributed by atoms with Crippen LogP contribution in [0.4, 0.5) is 0 Å². The Morgan fingerprint density at radius 3 is 2.75 bits per heavy atom. The van der Waals surface area contributed by atoms with Gasteiger partial charge in [-0.25, -0.2) is 0 Å². The molecular weight excluding hydrogens is 228 g/mol. The standard InChI is InChI=1S/C12H13ClO3/c1-3-16-12(15)6-9-5-11(13)8(2)4-10(9)7-14/h4-5,7H,3,6H2,1-2H3. The van der Waals surface area contributed by atoms with E-state index in [1.54, 1.807) is 19.1 Å². The van der Waals surface area contributed by atoms with Gasteiger partial charge in [-0.1, -0.05) is 11.6 Å². The maximum Gasteiger partial charge on any atom is 0.310 e. The molecule has 0 aliphatic rings. The molecule has 86 valence electrons. The largest absolute Gasteiger partial charge is 0.466 e. The summed E-state index contributed by atoms with van der Waals surface area (Å²) >= 11 is 5.94. The van der Waals surface area contributed by atoms with Gasteiger partial charge >= 0.3 is 5.97 Å². The van der Waals surface area contributed by atoms with Gasteiger partial charge in [-0.2, -0.15) is 0 Å². The van der Waals surface area contributed by atoms with Crippen LogP contribution in [0.15, 0.2) is 12.1 Å². The Kier molecular flexibility index (Phi) is 4.50. The van der Waals surface area contributed by atoms with Crippen LogP contribution in [0, 0.1) is 6.92 Å².